The second-order valence-corrected chi connectivity index (χ2v) is 5.27. The van der Waals surface area contributed by atoms with Gasteiger partial charge >= 0.3 is 0 Å². The molecule has 2 aromatic rings. The van der Waals surface area contributed by atoms with E-state index >= 15 is 0 Å². The number of carbonyl (C=O) groups is 1. The summed E-state index contributed by atoms with van der Waals surface area (Å²) in [6.45, 7) is 6.22. The topological polar surface area (TPSA) is 67.4 Å². The lowest BCUT2D eigenvalue weighted by Gasteiger charge is -2.18. The first-order valence-electron chi connectivity index (χ1n) is 8.17. The zero-order valence-corrected chi connectivity index (χ0v) is 14.5. The first kappa shape index (κ1) is 17.7. The van der Waals surface area contributed by atoms with Gasteiger partial charge in [0.15, 0.2) is 0 Å². The third kappa shape index (κ3) is 4.68. The first-order chi connectivity index (χ1) is 11.7. The average molecular weight is 328 g/mol. The van der Waals surface area contributed by atoms with Crippen molar-refractivity contribution in [3.8, 4) is 5.75 Å². The Hall–Kier alpha value is -2.63. The van der Waals surface area contributed by atoms with Gasteiger partial charge in [0, 0.05) is 25.8 Å². The molecule has 1 aromatic heterocycles. The molecular formula is C18H24N4O2. The number of hydrogen-bond acceptors (Lipinski definition) is 5. The van der Waals surface area contributed by atoms with Crippen molar-refractivity contribution in [2.24, 2.45) is 0 Å². The molecule has 0 radical (unpaired) electrons. The van der Waals surface area contributed by atoms with Crippen LogP contribution in [0.3, 0.4) is 0 Å². The number of rotatable bonds is 8. The van der Waals surface area contributed by atoms with Gasteiger partial charge in [-0.3, -0.25) is 4.79 Å². The van der Waals surface area contributed by atoms with Gasteiger partial charge in [0.1, 0.15) is 11.4 Å². The van der Waals surface area contributed by atoms with Crippen molar-refractivity contribution in [3.05, 3.63) is 47.8 Å². The van der Waals surface area contributed by atoms with Crippen molar-refractivity contribution in [2.75, 3.05) is 31.6 Å². The van der Waals surface area contributed by atoms with E-state index in [1.807, 2.05) is 43.0 Å². The normalized spacial score (nSPS) is 10.3. The molecule has 6 heteroatoms. The zero-order chi connectivity index (χ0) is 17.4. The van der Waals surface area contributed by atoms with Crippen molar-refractivity contribution < 1.29 is 9.53 Å². The summed E-state index contributed by atoms with van der Waals surface area (Å²) in [6, 6.07) is 9.45. The summed E-state index contributed by atoms with van der Waals surface area (Å²) >= 11 is 0. The highest BCUT2D eigenvalue weighted by molar-refractivity contribution is 5.92. The minimum atomic E-state index is -0.186. The third-order valence-electron chi connectivity index (χ3n) is 3.76. The van der Waals surface area contributed by atoms with Gasteiger partial charge in [0.25, 0.3) is 5.91 Å². The fourth-order valence-electron chi connectivity index (χ4n) is 2.37. The maximum Gasteiger partial charge on any atom is 0.270 e. The highest BCUT2D eigenvalue weighted by Crippen LogP contribution is 2.12. The SMILES string of the molecule is CCN(CC)c1nccc(C(=O)NCCc2cccc(OC)c2)n1. The van der Waals surface area contributed by atoms with Crippen molar-refractivity contribution in [1.29, 1.82) is 0 Å². The monoisotopic (exact) mass is 328 g/mol. The molecule has 0 fully saturated rings. The number of aromatic nitrogens is 2. The Morgan fingerprint density at radius 3 is 2.75 bits per heavy atom. The van der Waals surface area contributed by atoms with Crippen LogP contribution in [-0.2, 0) is 6.42 Å². The highest BCUT2D eigenvalue weighted by atomic mass is 16.5. The van der Waals surface area contributed by atoms with Crippen LogP contribution in [0.1, 0.15) is 29.9 Å². The standard InChI is InChI=1S/C18H24N4O2/c1-4-22(5-2)18-20-12-10-16(21-18)17(23)19-11-9-14-7-6-8-15(13-14)24-3/h6-8,10,12-13H,4-5,9,11H2,1-3H3,(H,19,23). The molecule has 0 aliphatic carbocycles. The summed E-state index contributed by atoms with van der Waals surface area (Å²) in [5.74, 6) is 1.22. The second-order valence-electron chi connectivity index (χ2n) is 5.27. The average Bonchev–Trinajstić information content (AvgIpc) is 2.63. The Labute approximate surface area is 142 Å². The van der Waals surface area contributed by atoms with E-state index in [-0.39, 0.29) is 5.91 Å². The summed E-state index contributed by atoms with van der Waals surface area (Å²) in [5, 5.41) is 2.90. The summed E-state index contributed by atoms with van der Waals surface area (Å²) in [4.78, 5) is 22.9. The summed E-state index contributed by atoms with van der Waals surface area (Å²) in [7, 11) is 1.64. The van der Waals surface area contributed by atoms with Gasteiger partial charge in [-0.2, -0.15) is 0 Å². The number of anilines is 1. The summed E-state index contributed by atoms with van der Waals surface area (Å²) in [5.41, 5.74) is 1.50. The van der Waals surface area contributed by atoms with Crippen LogP contribution >= 0.6 is 0 Å². The van der Waals surface area contributed by atoms with Crippen LogP contribution in [0.5, 0.6) is 5.75 Å². The lowest BCUT2D eigenvalue weighted by atomic mass is 10.1. The van der Waals surface area contributed by atoms with Gasteiger partial charge in [-0.1, -0.05) is 12.1 Å². The van der Waals surface area contributed by atoms with E-state index in [1.165, 1.54) is 0 Å². The molecule has 0 unspecified atom stereocenters. The van der Waals surface area contributed by atoms with Crippen molar-refractivity contribution in [2.45, 2.75) is 20.3 Å². The van der Waals surface area contributed by atoms with Gasteiger partial charge in [-0.25, -0.2) is 9.97 Å². The van der Waals surface area contributed by atoms with Crippen LogP contribution in [0.25, 0.3) is 0 Å². The van der Waals surface area contributed by atoms with E-state index < -0.39 is 0 Å². The Balaban J connectivity index is 1.93. The number of amides is 1. The third-order valence-corrected chi connectivity index (χ3v) is 3.76. The molecule has 0 aliphatic rings. The Kier molecular flexibility index (Phi) is 6.54. The van der Waals surface area contributed by atoms with Gasteiger partial charge in [0.2, 0.25) is 5.95 Å². The van der Waals surface area contributed by atoms with Crippen molar-refractivity contribution in [3.63, 3.8) is 0 Å². The van der Waals surface area contributed by atoms with Gasteiger partial charge < -0.3 is 15.0 Å². The van der Waals surface area contributed by atoms with Crippen LogP contribution in [0.2, 0.25) is 0 Å². The smallest absolute Gasteiger partial charge is 0.270 e. The molecule has 1 aromatic carbocycles. The molecular weight excluding hydrogens is 304 g/mol. The number of nitrogens with one attached hydrogen (secondary N) is 1. The quantitative estimate of drug-likeness (QED) is 0.805. The lowest BCUT2D eigenvalue weighted by molar-refractivity contribution is 0.0949. The van der Waals surface area contributed by atoms with Crippen LogP contribution in [0.4, 0.5) is 5.95 Å². The molecule has 2 rings (SSSR count). The molecule has 0 bridgehead atoms. The minimum absolute atomic E-state index is 0.186. The van der Waals surface area contributed by atoms with E-state index in [9.17, 15) is 4.79 Å². The van der Waals surface area contributed by atoms with Gasteiger partial charge in [-0.15, -0.1) is 0 Å². The number of ether oxygens (including phenoxy) is 1. The number of carbonyl (C=O) groups excluding carboxylic acids is 1. The van der Waals surface area contributed by atoms with Gasteiger partial charge in [0.05, 0.1) is 7.11 Å². The van der Waals surface area contributed by atoms with E-state index in [4.69, 9.17) is 4.74 Å². The lowest BCUT2D eigenvalue weighted by Crippen LogP contribution is -2.29. The molecule has 0 atom stereocenters. The number of methoxy groups -OCH3 is 1. The maximum atomic E-state index is 12.3. The van der Waals surface area contributed by atoms with Crippen molar-refractivity contribution in [1.82, 2.24) is 15.3 Å². The van der Waals surface area contributed by atoms with Crippen molar-refractivity contribution >= 4 is 11.9 Å². The molecule has 1 N–H and O–H groups in total. The maximum absolute atomic E-state index is 12.3. The predicted molar refractivity (Wildman–Crippen MR) is 94.6 cm³/mol. The molecule has 0 aliphatic heterocycles. The summed E-state index contributed by atoms with van der Waals surface area (Å²) < 4.78 is 5.20. The zero-order valence-electron chi connectivity index (χ0n) is 14.5. The molecule has 6 nitrogen and oxygen atoms in total. The Morgan fingerprint density at radius 1 is 1.25 bits per heavy atom. The largest absolute Gasteiger partial charge is 0.497 e. The fourth-order valence-corrected chi connectivity index (χ4v) is 2.37. The molecule has 24 heavy (non-hydrogen) atoms. The van der Waals surface area contributed by atoms with E-state index in [2.05, 4.69) is 15.3 Å². The number of hydrogen-bond donors (Lipinski definition) is 1. The van der Waals surface area contributed by atoms with Crippen LogP contribution in [0, 0.1) is 0 Å². The first-order valence-corrected chi connectivity index (χ1v) is 8.17. The molecule has 128 valence electrons. The van der Waals surface area contributed by atoms with E-state index in [0.717, 1.165) is 30.8 Å². The molecule has 1 amide bonds. The van der Waals surface area contributed by atoms with E-state index in [1.54, 1.807) is 19.4 Å². The highest BCUT2D eigenvalue weighted by Gasteiger charge is 2.11. The summed E-state index contributed by atoms with van der Waals surface area (Å²) in [6.07, 6.45) is 2.36. The molecule has 0 saturated carbocycles. The Bertz CT molecular complexity index is 672. The fraction of sp³-hybridized carbons (Fsp3) is 0.389. The molecule has 1 heterocycles. The number of benzene rings is 1. The number of nitrogens with zero attached hydrogens (tertiary/aromatic N) is 3. The predicted octanol–water partition coefficient (Wildman–Crippen LogP) is 2.30. The van der Waals surface area contributed by atoms with Crippen LogP contribution < -0.4 is 15.0 Å². The second kappa shape index (κ2) is 8.86. The Morgan fingerprint density at radius 2 is 2.04 bits per heavy atom. The van der Waals surface area contributed by atoms with Crippen LogP contribution in [0.15, 0.2) is 36.5 Å². The van der Waals surface area contributed by atoms with Crippen LogP contribution in [-0.4, -0.2) is 42.6 Å². The molecule has 0 saturated heterocycles. The minimum Gasteiger partial charge on any atom is -0.497 e. The van der Waals surface area contributed by atoms with Gasteiger partial charge in [-0.05, 0) is 44.0 Å². The molecule has 0 spiro atoms. The van der Waals surface area contributed by atoms with E-state index in [0.29, 0.717) is 18.2 Å².